The minimum Gasteiger partial charge on any atom is -0.508 e. The highest BCUT2D eigenvalue weighted by Crippen LogP contribution is 2.37. The molecule has 6 nitrogen and oxygen atoms in total. The Bertz CT molecular complexity index is 1150. The van der Waals surface area contributed by atoms with Crippen LogP contribution >= 0.6 is 0 Å². The number of carbonyl (C=O) groups is 1. The first-order valence-electron chi connectivity index (χ1n) is 9.24. The number of phenolic OH excluding ortho intramolecular Hbond substituents is 1. The third-order valence-electron chi connectivity index (χ3n) is 4.92. The summed E-state index contributed by atoms with van der Waals surface area (Å²) in [5, 5.41) is 10.1. The molecule has 0 fully saturated rings. The first-order chi connectivity index (χ1) is 13.8. The molecule has 1 atom stereocenters. The molecule has 1 aromatic heterocycles. The van der Waals surface area contributed by atoms with Crippen molar-refractivity contribution in [2.75, 3.05) is 0 Å². The summed E-state index contributed by atoms with van der Waals surface area (Å²) in [5.74, 6) is 0.301. The summed E-state index contributed by atoms with van der Waals surface area (Å²) < 4.78 is 17.0. The van der Waals surface area contributed by atoms with E-state index in [-0.39, 0.29) is 5.75 Å². The van der Waals surface area contributed by atoms with Crippen molar-refractivity contribution in [3.05, 3.63) is 76.2 Å². The molecule has 1 N–H and O–H groups in total. The van der Waals surface area contributed by atoms with Gasteiger partial charge in [-0.05, 0) is 55.3 Å². The summed E-state index contributed by atoms with van der Waals surface area (Å²) >= 11 is 0. The number of carbonyl (C=O) groups excluding carboxylic acids is 1. The Morgan fingerprint density at radius 1 is 1.17 bits per heavy atom. The minimum atomic E-state index is -0.752. The van der Waals surface area contributed by atoms with E-state index in [1.54, 1.807) is 42.5 Å². The number of benzene rings is 2. The van der Waals surface area contributed by atoms with E-state index < -0.39 is 23.3 Å². The molecule has 1 aliphatic rings. The van der Waals surface area contributed by atoms with Crippen LogP contribution in [0.2, 0.25) is 0 Å². The van der Waals surface area contributed by atoms with E-state index in [0.29, 0.717) is 17.8 Å². The van der Waals surface area contributed by atoms with Gasteiger partial charge in [0.2, 0.25) is 0 Å². The predicted molar refractivity (Wildman–Crippen MR) is 108 cm³/mol. The van der Waals surface area contributed by atoms with Gasteiger partial charge in [0.1, 0.15) is 28.8 Å². The Morgan fingerprint density at radius 2 is 1.93 bits per heavy atom. The van der Waals surface area contributed by atoms with Gasteiger partial charge in [0.15, 0.2) is 0 Å². The maximum atomic E-state index is 12.3. The van der Waals surface area contributed by atoms with E-state index >= 15 is 0 Å². The normalized spacial score (nSPS) is 17.7. The Labute approximate surface area is 167 Å². The highest BCUT2D eigenvalue weighted by molar-refractivity contribution is 5.87. The van der Waals surface area contributed by atoms with Crippen molar-refractivity contribution in [2.45, 2.75) is 32.0 Å². The summed E-state index contributed by atoms with van der Waals surface area (Å²) in [6.07, 6.45) is 2.98. The van der Waals surface area contributed by atoms with E-state index in [1.807, 2.05) is 19.9 Å². The van der Waals surface area contributed by atoms with Gasteiger partial charge in [0, 0.05) is 30.0 Å². The third kappa shape index (κ3) is 4.01. The van der Waals surface area contributed by atoms with Gasteiger partial charge in [-0.15, -0.1) is 0 Å². The van der Waals surface area contributed by atoms with Gasteiger partial charge in [-0.1, -0.05) is 12.1 Å². The Morgan fingerprint density at radius 3 is 2.69 bits per heavy atom. The van der Waals surface area contributed by atoms with Gasteiger partial charge in [-0.25, -0.2) is 9.59 Å². The van der Waals surface area contributed by atoms with Gasteiger partial charge in [-0.2, -0.15) is 0 Å². The topological polar surface area (TPSA) is 86.0 Å². The van der Waals surface area contributed by atoms with Crippen molar-refractivity contribution in [1.29, 1.82) is 0 Å². The summed E-state index contributed by atoms with van der Waals surface area (Å²) in [6.45, 7) is 3.70. The Hall–Kier alpha value is -3.54. The SMILES string of the molecule is CC1(C)Oc2cc3oc(=O)ccc3cc2CC1OC(=O)C=Cc1ccc(O)cc1. The van der Waals surface area contributed by atoms with Crippen LogP contribution in [0.1, 0.15) is 25.0 Å². The highest BCUT2D eigenvalue weighted by Gasteiger charge is 2.39. The lowest BCUT2D eigenvalue weighted by Gasteiger charge is -2.39. The van der Waals surface area contributed by atoms with Crippen molar-refractivity contribution in [1.82, 2.24) is 0 Å². The molecule has 0 bridgehead atoms. The standard InChI is InChI=1S/C23H20O6/c1-23(2)20(28-22(26)9-5-14-3-7-17(24)8-4-14)12-16-11-15-6-10-21(25)27-18(15)13-19(16)29-23/h3-11,13,20,24H,12H2,1-2H3. The lowest BCUT2D eigenvalue weighted by Crippen LogP contribution is -2.48. The molecule has 0 radical (unpaired) electrons. The molecule has 1 aliphatic heterocycles. The van der Waals surface area contributed by atoms with Crippen LogP contribution in [0.25, 0.3) is 17.0 Å². The second-order valence-corrected chi connectivity index (χ2v) is 7.51. The van der Waals surface area contributed by atoms with Crippen LogP contribution in [-0.4, -0.2) is 22.8 Å². The van der Waals surface area contributed by atoms with Crippen molar-refractivity contribution < 1.29 is 23.8 Å². The summed E-state index contributed by atoms with van der Waals surface area (Å²) in [4.78, 5) is 23.8. The zero-order chi connectivity index (χ0) is 20.6. The molecule has 0 saturated heterocycles. The second kappa shape index (κ2) is 7.13. The van der Waals surface area contributed by atoms with Crippen LogP contribution in [0.5, 0.6) is 11.5 Å². The number of hydrogen-bond acceptors (Lipinski definition) is 6. The second-order valence-electron chi connectivity index (χ2n) is 7.51. The van der Waals surface area contributed by atoms with E-state index in [9.17, 15) is 14.7 Å². The molecule has 2 aromatic carbocycles. The smallest absolute Gasteiger partial charge is 0.336 e. The average molecular weight is 392 g/mol. The van der Waals surface area contributed by atoms with Crippen molar-refractivity contribution in [3.8, 4) is 11.5 Å². The van der Waals surface area contributed by atoms with E-state index in [0.717, 1.165) is 16.5 Å². The predicted octanol–water partition coefficient (Wildman–Crippen LogP) is 3.84. The van der Waals surface area contributed by atoms with Gasteiger partial charge in [0.25, 0.3) is 0 Å². The minimum absolute atomic E-state index is 0.163. The molecule has 148 valence electrons. The molecular weight excluding hydrogens is 372 g/mol. The maximum absolute atomic E-state index is 12.3. The lowest BCUT2D eigenvalue weighted by atomic mass is 9.90. The molecule has 0 spiro atoms. The number of ether oxygens (including phenoxy) is 2. The molecule has 6 heteroatoms. The van der Waals surface area contributed by atoms with E-state index in [1.165, 1.54) is 12.1 Å². The molecule has 0 amide bonds. The van der Waals surface area contributed by atoms with E-state index in [4.69, 9.17) is 13.9 Å². The quantitative estimate of drug-likeness (QED) is 0.414. The van der Waals surface area contributed by atoms with Crippen LogP contribution in [-0.2, 0) is 16.0 Å². The van der Waals surface area contributed by atoms with Crippen LogP contribution in [0.15, 0.2) is 63.8 Å². The zero-order valence-electron chi connectivity index (χ0n) is 16.0. The van der Waals surface area contributed by atoms with Crippen molar-refractivity contribution in [2.24, 2.45) is 0 Å². The van der Waals surface area contributed by atoms with Gasteiger partial charge >= 0.3 is 11.6 Å². The van der Waals surface area contributed by atoms with Crippen LogP contribution in [0.4, 0.5) is 0 Å². The fraction of sp³-hybridized carbons (Fsp3) is 0.217. The number of phenols is 1. The average Bonchev–Trinajstić information content (AvgIpc) is 2.66. The summed E-state index contributed by atoms with van der Waals surface area (Å²) in [7, 11) is 0. The van der Waals surface area contributed by atoms with Crippen molar-refractivity contribution >= 4 is 23.0 Å². The summed E-state index contributed by atoms with van der Waals surface area (Å²) in [5.41, 5.74) is 0.944. The van der Waals surface area contributed by atoms with Gasteiger partial charge in [-0.3, -0.25) is 0 Å². The number of esters is 1. The zero-order valence-corrected chi connectivity index (χ0v) is 16.0. The van der Waals surface area contributed by atoms with Gasteiger partial charge in [0.05, 0.1) is 0 Å². The lowest BCUT2D eigenvalue weighted by molar-refractivity contribution is -0.155. The number of hydrogen-bond donors (Lipinski definition) is 1. The molecule has 1 unspecified atom stereocenters. The van der Waals surface area contributed by atoms with Crippen LogP contribution in [0, 0.1) is 0 Å². The third-order valence-corrected chi connectivity index (χ3v) is 4.92. The van der Waals surface area contributed by atoms with Gasteiger partial charge < -0.3 is 19.0 Å². The molecule has 4 rings (SSSR count). The highest BCUT2D eigenvalue weighted by atomic mass is 16.6. The molecule has 29 heavy (non-hydrogen) atoms. The Balaban J connectivity index is 1.54. The van der Waals surface area contributed by atoms with E-state index in [2.05, 4.69) is 0 Å². The fourth-order valence-corrected chi connectivity index (χ4v) is 3.31. The summed E-state index contributed by atoms with van der Waals surface area (Å²) in [6, 6.07) is 13.2. The maximum Gasteiger partial charge on any atom is 0.336 e. The number of fused-ring (bicyclic) bond motifs is 2. The first kappa shape index (κ1) is 18.8. The Kier molecular flexibility index (Phi) is 4.62. The molecule has 0 aliphatic carbocycles. The monoisotopic (exact) mass is 392 g/mol. The molecule has 2 heterocycles. The first-order valence-corrected chi connectivity index (χ1v) is 9.24. The largest absolute Gasteiger partial charge is 0.508 e. The number of rotatable bonds is 3. The van der Waals surface area contributed by atoms with Crippen molar-refractivity contribution in [3.63, 3.8) is 0 Å². The molecule has 0 saturated carbocycles. The molecular formula is C23H20O6. The van der Waals surface area contributed by atoms with Crippen LogP contribution in [0.3, 0.4) is 0 Å². The number of aromatic hydroxyl groups is 1. The molecule has 3 aromatic rings. The van der Waals surface area contributed by atoms with Crippen LogP contribution < -0.4 is 10.4 Å². The fourth-order valence-electron chi connectivity index (χ4n) is 3.31.